The van der Waals surface area contributed by atoms with Crippen molar-refractivity contribution in [2.45, 2.75) is 25.4 Å². The maximum atomic E-state index is 6.34. The molecule has 1 saturated carbocycles. The van der Waals surface area contributed by atoms with Crippen LogP contribution in [0.4, 0.5) is 5.69 Å². The highest BCUT2D eigenvalue weighted by Crippen LogP contribution is 2.29. The Morgan fingerprint density at radius 1 is 1.21 bits per heavy atom. The Morgan fingerprint density at radius 2 is 1.95 bits per heavy atom. The second-order valence-electron chi connectivity index (χ2n) is 5.56. The van der Waals surface area contributed by atoms with Gasteiger partial charge < -0.3 is 10.2 Å². The lowest BCUT2D eigenvalue weighted by Crippen LogP contribution is -2.47. The first kappa shape index (κ1) is 13.2. The summed E-state index contributed by atoms with van der Waals surface area (Å²) in [6.07, 6.45) is 2.81. The van der Waals surface area contributed by atoms with Crippen LogP contribution in [0.5, 0.6) is 0 Å². The van der Waals surface area contributed by atoms with E-state index in [0.717, 1.165) is 30.7 Å². The molecule has 4 heteroatoms. The molecule has 19 heavy (non-hydrogen) atoms. The summed E-state index contributed by atoms with van der Waals surface area (Å²) < 4.78 is 0. The topological polar surface area (TPSA) is 18.5 Å². The van der Waals surface area contributed by atoms with Crippen LogP contribution >= 0.6 is 11.6 Å². The van der Waals surface area contributed by atoms with Crippen molar-refractivity contribution >= 4 is 17.3 Å². The molecule has 0 radical (unpaired) electrons. The maximum absolute atomic E-state index is 6.34. The van der Waals surface area contributed by atoms with E-state index in [1.165, 1.54) is 37.2 Å². The third kappa shape index (κ3) is 3.04. The second-order valence-corrected chi connectivity index (χ2v) is 5.97. The summed E-state index contributed by atoms with van der Waals surface area (Å²) in [4.78, 5) is 5.08. The number of hydrogen-bond donors (Lipinski definition) is 1. The van der Waals surface area contributed by atoms with Gasteiger partial charge in [0, 0.05) is 49.5 Å². The molecule has 1 aliphatic heterocycles. The Labute approximate surface area is 120 Å². The van der Waals surface area contributed by atoms with Crippen LogP contribution in [0, 0.1) is 0 Å². The molecule has 2 aliphatic rings. The van der Waals surface area contributed by atoms with E-state index in [1.54, 1.807) is 0 Å². The predicted molar refractivity (Wildman–Crippen MR) is 81.0 cm³/mol. The van der Waals surface area contributed by atoms with Crippen LogP contribution in [0.15, 0.2) is 18.2 Å². The fourth-order valence-corrected chi connectivity index (χ4v) is 3.09. The summed E-state index contributed by atoms with van der Waals surface area (Å²) in [6, 6.07) is 7.34. The Kier molecular flexibility index (Phi) is 3.96. The summed E-state index contributed by atoms with van der Waals surface area (Å²) in [6.45, 7) is 5.46. The van der Waals surface area contributed by atoms with E-state index in [0.29, 0.717) is 0 Å². The first-order valence-corrected chi connectivity index (χ1v) is 7.58. The molecule has 0 unspecified atom stereocenters. The van der Waals surface area contributed by atoms with Crippen molar-refractivity contribution in [2.24, 2.45) is 0 Å². The number of hydrogen-bond acceptors (Lipinski definition) is 3. The zero-order valence-electron chi connectivity index (χ0n) is 11.5. The molecule has 0 amide bonds. The molecule has 2 fully saturated rings. The van der Waals surface area contributed by atoms with E-state index in [9.17, 15) is 0 Å². The van der Waals surface area contributed by atoms with Gasteiger partial charge in [-0.3, -0.25) is 4.90 Å². The Balaban J connectivity index is 1.64. The van der Waals surface area contributed by atoms with Gasteiger partial charge in [0.15, 0.2) is 0 Å². The quantitative estimate of drug-likeness (QED) is 0.913. The molecule has 1 aromatic rings. The third-order valence-corrected chi connectivity index (χ3v) is 4.50. The van der Waals surface area contributed by atoms with Crippen molar-refractivity contribution in [1.82, 2.24) is 10.2 Å². The minimum atomic E-state index is 0.828. The first-order valence-electron chi connectivity index (χ1n) is 7.20. The van der Waals surface area contributed by atoms with Crippen molar-refractivity contribution in [3.05, 3.63) is 28.8 Å². The summed E-state index contributed by atoms with van der Waals surface area (Å²) in [5, 5.41) is 4.02. The van der Waals surface area contributed by atoms with Gasteiger partial charge in [-0.05, 0) is 37.6 Å². The number of piperazine rings is 1. The molecule has 0 bridgehead atoms. The molecule has 1 heterocycles. The minimum Gasteiger partial charge on any atom is -0.369 e. The highest BCUT2D eigenvalue weighted by atomic mass is 35.5. The van der Waals surface area contributed by atoms with Crippen LogP contribution in [0.2, 0.25) is 5.02 Å². The maximum Gasteiger partial charge on any atom is 0.0471 e. The van der Waals surface area contributed by atoms with Gasteiger partial charge in [-0.1, -0.05) is 17.7 Å². The largest absolute Gasteiger partial charge is 0.369 e. The van der Waals surface area contributed by atoms with E-state index in [1.807, 2.05) is 7.05 Å². The summed E-state index contributed by atoms with van der Waals surface area (Å²) in [5.74, 6) is 0. The molecule has 104 valence electrons. The molecule has 1 saturated heterocycles. The lowest BCUT2D eigenvalue weighted by Gasteiger charge is -2.36. The van der Waals surface area contributed by atoms with Crippen LogP contribution in [-0.2, 0) is 6.54 Å². The molecule has 0 atom stereocenters. The zero-order chi connectivity index (χ0) is 13.2. The van der Waals surface area contributed by atoms with E-state index >= 15 is 0 Å². The summed E-state index contributed by atoms with van der Waals surface area (Å²) >= 11 is 6.34. The van der Waals surface area contributed by atoms with Crippen molar-refractivity contribution in [2.75, 3.05) is 38.1 Å². The number of nitrogens with zero attached hydrogens (tertiary/aromatic N) is 2. The van der Waals surface area contributed by atoms with Crippen LogP contribution < -0.4 is 10.2 Å². The highest BCUT2D eigenvalue weighted by Gasteiger charge is 2.31. The van der Waals surface area contributed by atoms with E-state index in [4.69, 9.17) is 11.6 Å². The number of nitrogens with one attached hydrogen (secondary N) is 1. The third-order valence-electron chi connectivity index (χ3n) is 4.15. The van der Waals surface area contributed by atoms with Gasteiger partial charge in [0.1, 0.15) is 0 Å². The van der Waals surface area contributed by atoms with Crippen molar-refractivity contribution < 1.29 is 0 Å². The normalized spacial score (nSPS) is 20.8. The van der Waals surface area contributed by atoms with Crippen LogP contribution in [0.25, 0.3) is 0 Å². The first-order chi connectivity index (χ1) is 9.28. The van der Waals surface area contributed by atoms with Crippen LogP contribution in [0.3, 0.4) is 0 Å². The minimum absolute atomic E-state index is 0.828. The lowest BCUT2D eigenvalue weighted by atomic mass is 10.1. The predicted octanol–water partition coefficient (Wildman–Crippen LogP) is 2.34. The lowest BCUT2D eigenvalue weighted by molar-refractivity contribution is 0.248. The Hall–Kier alpha value is -0.770. The zero-order valence-corrected chi connectivity index (χ0v) is 12.3. The molecule has 3 nitrogen and oxygen atoms in total. The summed E-state index contributed by atoms with van der Waals surface area (Å²) in [5.41, 5.74) is 2.44. The molecular weight excluding hydrogens is 258 g/mol. The molecule has 0 aromatic heterocycles. The van der Waals surface area contributed by atoms with Crippen molar-refractivity contribution in [1.29, 1.82) is 0 Å². The second kappa shape index (κ2) is 5.70. The van der Waals surface area contributed by atoms with Gasteiger partial charge in [-0.25, -0.2) is 0 Å². The molecule has 1 N–H and O–H groups in total. The van der Waals surface area contributed by atoms with Crippen molar-refractivity contribution in [3.63, 3.8) is 0 Å². The van der Waals surface area contributed by atoms with E-state index in [-0.39, 0.29) is 0 Å². The van der Waals surface area contributed by atoms with Gasteiger partial charge in [0.05, 0.1) is 0 Å². The molecule has 1 aromatic carbocycles. The molecule has 3 rings (SSSR count). The average Bonchev–Trinajstić information content (AvgIpc) is 3.26. The highest BCUT2D eigenvalue weighted by molar-refractivity contribution is 6.31. The van der Waals surface area contributed by atoms with Gasteiger partial charge in [0.25, 0.3) is 0 Å². The summed E-state index contributed by atoms with van der Waals surface area (Å²) in [7, 11) is 1.95. The molecule has 1 aliphatic carbocycles. The number of anilines is 1. The number of benzene rings is 1. The van der Waals surface area contributed by atoms with Gasteiger partial charge in [-0.2, -0.15) is 0 Å². The molecule has 0 spiro atoms. The van der Waals surface area contributed by atoms with Crippen molar-refractivity contribution in [3.8, 4) is 0 Å². The van der Waals surface area contributed by atoms with Gasteiger partial charge in [0.2, 0.25) is 0 Å². The Bertz CT molecular complexity index is 437. The van der Waals surface area contributed by atoms with E-state index in [2.05, 4.69) is 33.3 Å². The smallest absolute Gasteiger partial charge is 0.0471 e. The van der Waals surface area contributed by atoms with Crippen LogP contribution in [-0.4, -0.2) is 44.2 Å². The fourth-order valence-electron chi connectivity index (χ4n) is 2.85. The SMILES string of the molecule is CNCc1ccc(N2CCN(C3CC3)CC2)cc1Cl. The van der Waals surface area contributed by atoms with Gasteiger partial charge >= 0.3 is 0 Å². The monoisotopic (exact) mass is 279 g/mol. The standard InChI is InChI=1S/C15H22ClN3/c1-17-11-12-2-3-14(10-15(12)16)19-8-6-18(7-9-19)13-4-5-13/h2-3,10,13,17H,4-9,11H2,1H3. The average molecular weight is 280 g/mol. The van der Waals surface area contributed by atoms with Crippen LogP contribution in [0.1, 0.15) is 18.4 Å². The van der Waals surface area contributed by atoms with Gasteiger partial charge in [-0.15, -0.1) is 0 Å². The van der Waals surface area contributed by atoms with E-state index < -0.39 is 0 Å². The number of rotatable bonds is 4. The number of halogens is 1. The fraction of sp³-hybridized carbons (Fsp3) is 0.600. The Morgan fingerprint density at radius 3 is 2.53 bits per heavy atom. The molecular formula is C15H22ClN3.